The summed E-state index contributed by atoms with van der Waals surface area (Å²) in [6, 6.07) is 18.6. The van der Waals surface area contributed by atoms with Crippen LogP contribution in [0.25, 0.3) is 0 Å². The number of methoxy groups -OCH3 is 2. The zero-order valence-electron chi connectivity index (χ0n) is 24.5. The van der Waals surface area contributed by atoms with Crippen molar-refractivity contribution in [1.82, 2.24) is 10.2 Å². The topological polar surface area (TPSA) is 105 Å². The predicted octanol–water partition coefficient (Wildman–Crippen LogP) is 5.27. The van der Waals surface area contributed by atoms with Gasteiger partial charge in [0.15, 0.2) is 0 Å². The molecule has 3 aromatic carbocycles. The number of halogens is 1. The average Bonchev–Trinajstić information content (AvgIpc) is 2.99. The lowest BCUT2D eigenvalue weighted by Gasteiger charge is -2.34. The fraction of sp³-hybridized carbons (Fsp3) is 0.355. The number of carbonyl (C=O) groups excluding carboxylic acids is 2. The number of nitrogens with zero attached hydrogens (tertiary/aromatic N) is 2. The molecule has 3 aromatic rings. The first-order valence-electron chi connectivity index (χ1n) is 13.7. The van der Waals surface area contributed by atoms with Gasteiger partial charge in [0.1, 0.15) is 24.1 Å². The second-order valence-electron chi connectivity index (χ2n) is 9.76. The summed E-state index contributed by atoms with van der Waals surface area (Å²) in [5.74, 6) is 0.0813. The van der Waals surface area contributed by atoms with Gasteiger partial charge in [-0.3, -0.25) is 13.9 Å². The average molecular weight is 616 g/mol. The number of ether oxygens (including phenoxy) is 2. The molecule has 0 aliphatic rings. The third-order valence-corrected chi connectivity index (χ3v) is 8.99. The molecule has 0 spiro atoms. The van der Waals surface area contributed by atoms with Crippen LogP contribution in [0.1, 0.15) is 39.2 Å². The number of rotatable bonds is 14. The molecular weight excluding hydrogens is 578 g/mol. The summed E-state index contributed by atoms with van der Waals surface area (Å²) < 4.78 is 39.5. The Balaban J connectivity index is 2.09. The number of sulfonamides is 1. The third-order valence-electron chi connectivity index (χ3n) is 6.91. The van der Waals surface area contributed by atoms with Gasteiger partial charge in [0.05, 0.1) is 29.8 Å². The van der Waals surface area contributed by atoms with Gasteiger partial charge in [0.2, 0.25) is 11.8 Å². The zero-order valence-corrected chi connectivity index (χ0v) is 26.1. The smallest absolute Gasteiger partial charge is 0.264 e. The highest BCUT2D eigenvalue weighted by Crippen LogP contribution is 2.32. The number of nitrogens with one attached hydrogen (secondary N) is 1. The molecule has 0 bridgehead atoms. The largest absolute Gasteiger partial charge is 0.497 e. The minimum absolute atomic E-state index is 0.00522. The van der Waals surface area contributed by atoms with E-state index in [2.05, 4.69) is 5.32 Å². The quantitative estimate of drug-likeness (QED) is 0.265. The Morgan fingerprint density at radius 1 is 0.929 bits per heavy atom. The van der Waals surface area contributed by atoms with Gasteiger partial charge >= 0.3 is 0 Å². The lowest BCUT2D eigenvalue weighted by Crippen LogP contribution is -2.53. The van der Waals surface area contributed by atoms with Crippen LogP contribution < -0.4 is 19.1 Å². The summed E-state index contributed by atoms with van der Waals surface area (Å²) >= 11 is 6.37. The van der Waals surface area contributed by atoms with Crippen LogP contribution in [0.3, 0.4) is 0 Å². The van der Waals surface area contributed by atoms with E-state index in [0.29, 0.717) is 24.3 Å². The van der Waals surface area contributed by atoms with Crippen molar-refractivity contribution in [3.05, 3.63) is 83.4 Å². The number of hydrogen-bond donors (Lipinski definition) is 1. The Morgan fingerprint density at radius 2 is 1.64 bits per heavy atom. The van der Waals surface area contributed by atoms with Crippen LogP contribution in [-0.2, 0) is 26.2 Å². The van der Waals surface area contributed by atoms with E-state index in [9.17, 15) is 18.0 Å². The number of benzene rings is 3. The molecule has 2 atom stereocenters. The van der Waals surface area contributed by atoms with Crippen LogP contribution in [0.4, 0.5) is 5.69 Å². The van der Waals surface area contributed by atoms with Crippen LogP contribution in [-0.4, -0.2) is 58.0 Å². The monoisotopic (exact) mass is 615 g/mol. The molecule has 0 fully saturated rings. The maximum Gasteiger partial charge on any atom is 0.264 e. The highest BCUT2D eigenvalue weighted by atomic mass is 35.5. The van der Waals surface area contributed by atoms with Crippen LogP contribution in [0.15, 0.2) is 77.7 Å². The zero-order chi connectivity index (χ0) is 30.9. The SMILES string of the molecule is CC[C@@H](C)NC(=O)[C@H](CC)N(Cc1cccc(OC)c1)C(=O)CN(c1ccc(OC)c(Cl)c1)S(=O)(=O)c1ccccc1. The summed E-state index contributed by atoms with van der Waals surface area (Å²) in [5.41, 5.74) is 0.902. The van der Waals surface area contributed by atoms with E-state index in [1.165, 1.54) is 42.3 Å². The summed E-state index contributed by atoms with van der Waals surface area (Å²) in [5, 5.41) is 3.15. The second-order valence-corrected chi connectivity index (χ2v) is 12.0. The molecule has 9 nitrogen and oxygen atoms in total. The van der Waals surface area contributed by atoms with Gasteiger partial charge in [-0.15, -0.1) is 0 Å². The van der Waals surface area contributed by atoms with E-state index in [-0.39, 0.29) is 34.1 Å². The maximum atomic E-state index is 14.2. The molecule has 2 amide bonds. The molecule has 11 heteroatoms. The Morgan fingerprint density at radius 3 is 2.24 bits per heavy atom. The van der Waals surface area contributed by atoms with E-state index in [0.717, 1.165) is 9.87 Å². The molecule has 3 rings (SSSR count). The highest BCUT2D eigenvalue weighted by Gasteiger charge is 2.34. The van der Waals surface area contributed by atoms with Gasteiger partial charge in [0, 0.05) is 12.6 Å². The van der Waals surface area contributed by atoms with Crippen LogP contribution in [0.2, 0.25) is 5.02 Å². The maximum absolute atomic E-state index is 14.2. The number of amides is 2. The molecule has 0 radical (unpaired) electrons. The van der Waals surface area contributed by atoms with Crippen molar-refractivity contribution in [2.45, 2.75) is 57.1 Å². The fourth-order valence-electron chi connectivity index (χ4n) is 4.39. The Kier molecular flexibility index (Phi) is 11.6. The predicted molar refractivity (Wildman–Crippen MR) is 164 cm³/mol. The van der Waals surface area contributed by atoms with Gasteiger partial charge in [0.25, 0.3) is 10.0 Å². The van der Waals surface area contributed by atoms with E-state index in [1.807, 2.05) is 26.8 Å². The molecule has 0 unspecified atom stereocenters. The van der Waals surface area contributed by atoms with Crippen LogP contribution in [0.5, 0.6) is 11.5 Å². The van der Waals surface area contributed by atoms with Gasteiger partial charge in [-0.2, -0.15) is 0 Å². The molecule has 0 saturated carbocycles. The Bertz CT molecular complexity index is 1470. The first-order valence-corrected chi connectivity index (χ1v) is 15.5. The molecule has 0 saturated heterocycles. The van der Waals surface area contributed by atoms with Crippen molar-refractivity contribution in [3.8, 4) is 11.5 Å². The lowest BCUT2D eigenvalue weighted by atomic mass is 10.1. The molecule has 42 heavy (non-hydrogen) atoms. The molecule has 0 aromatic heterocycles. The molecule has 0 heterocycles. The minimum Gasteiger partial charge on any atom is -0.497 e. The van der Waals surface area contributed by atoms with Crippen molar-refractivity contribution < 1.29 is 27.5 Å². The first kappa shape index (κ1) is 32.8. The fourth-order valence-corrected chi connectivity index (χ4v) is 6.07. The normalized spacial score (nSPS) is 12.6. The number of anilines is 1. The van der Waals surface area contributed by atoms with Crippen molar-refractivity contribution in [2.24, 2.45) is 0 Å². The standard InChI is InChI=1S/C31H38ClN3O6S/c1-6-22(3)33-31(37)28(7-2)34(20-23-12-11-13-25(18-23)40-4)30(36)21-35(24-16-17-29(41-5)27(32)19-24)42(38,39)26-14-9-8-10-15-26/h8-19,22,28H,6-7,20-21H2,1-5H3,(H,33,37)/t22-,28+/m1/s1. The summed E-state index contributed by atoms with van der Waals surface area (Å²) in [7, 11) is -1.21. The third kappa shape index (κ3) is 7.95. The highest BCUT2D eigenvalue weighted by molar-refractivity contribution is 7.92. The second kappa shape index (κ2) is 14.9. The molecule has 1 N–H and O–H groups in total. The Hall–Kier alpha value is -3.76. The minimum atomic E-state index is -4.21. The van der Waals surface area contributed by atoms with E-state index in [1.54, 1.807) is 43.5 Å². The van der Waals surface area contributed by atoms with Crippen molar-refractivity contribution in [3.63, 3.8) is 0 Å². The van der Waals surface area contributed by atoms with Crippen molar-refractivity contribution in [1.29, 1.82) is 0 Å². The van der Waals surface area contributed by atoms with Crippen LogP contribution in [0, 0.1) is 0 Å². The van der Waals surface area contributed by atoms with Crippen molar-refractivity contribution in [2.75, 3.05) is 25.1 Å². The van der Waals surface area contributed by atoms with E-state index >= 15 is 0 Å². The number of hydrogen-bond acceptors (Lipinski definition) is 6. The summed E-state index contributed by atoms with van der Waals surface area (Å²) in [6.45, 7) is 5.15. The lowest BCUT2D eigenvalue weighted by molar-refractivity contribution is -0.140. The molecular formula is C31H38ClN3O6S. The van der Waals surface area contributed by atoms with E-state index in [4.69, 9.17) is 21.1 Å². The first-order chi connectivity index (χ1) is 20.0. The summed E-state index contributed by atoms with van der Waals surface area (Å²) in [6.07, 6.45) is 1.03. The van der Waals surface area contributed by atoms with Gasteiger partial charge < -0.3 is 19.7 Å². The molecule has 0 aliphatic carbocycles. The van der Waals surface area contributed by atoms with E-state index < -0.39 is 28.5 Å². The van der Waals surface area contributed by atoms with Crippen molar-refractivity contribution >= 4 is 39.1 Å². The van der Waals surface area contributed by atoms with Gasteiger partial charge in [-0.1, -0.05) is 55.8 Å². The molecule has 0 aliphatic heterocycles. The van der Waals surface area contributed by atoms with Gasteiger partial charge in [-0.05, 0) is 67.8 Å². The Labute approximate surface area is 253 Å². The molecule has 226 valence electrons. The van der Waals surface area contributed by atoms with Gasteiger partial charge in [-0.25, -0.2) is 8.42 Å². The summed E-state index contributed by atoms with van der Waals surface area (Å²) in [4.78, 5) is 29.0. The number of carbonyl (C=O) groups is 2. The van der Waals surface area contributed by atoms with Crippen LogP contribution >= 0.6 is 11.6 Å².